The lowest BCUT2D eigenvalue weighted by Crippen LogP contribution is -2.21. The maximum atomic E-state index is 13.5. The van der Waals surface area contributed by atoms with Crippen molar-refractivity contribution in [3.05, 3.63) is 58.9 Å². The highest BCUT2D eigenvalue weighted by Crippen LogP contribution is 2.34. The molecule has 1 unspecified atom stereocenters. The van der Waals surface area contributed by atoms with Crippen molar-refractivity contribution in [2.45, 2.75) is 49.4 Å². The van der Waals surface area contributed by atoms with Crippen LogP contribution in [-0.4, -0.2) is 6.04 Å². The number of benzene rings is 2. The van der Waals surface area contributed by atoms with Crippen LogP contribution in [0.1, 0.15) is 30.0 Å². The highest BCUT2D eigenvalue weighted by molar-refractivity contribution is 7.99. The van der Waals surface area contributed by atoms with Crippen LogP contribution in [0.15, 0.2) is 46.2 Å². The molecule has 0 amide bonds. The molecular formula is C18H22FNS. The molecule has 0 radical (unpaired) electrons. The zero-order valence-corrected chi connectivity index (χ0v) is 13.6. The first-order valence-corrected chi connectivity index (χ1v) is 8.10. The third-order valence-electron chi connectivity index (χ3n) is 3.59. The summed E-state index contributed by atoms with van der Waals surface area (Å²) in [6.07, 6.45) is 1.60. The molecule has 112 valence electrons. The lowest BCUT2D eigenvalue weighted by Gasteiger charge is -2.14. The number of nitrogens with two attached hydrogens (primary N) is 1. The minimum absolute atomic E-state index is 0.0738. The van der Waals surface area contributed by atoms with Gasteiger partial charge in [-0.3, -0.25) is 0 Å². The molecule has 1 atom stereocenters. The molecule has 0 saturated carbocycles. The second-order valence-electron chi connectivity index (χ2n) is 5.50. The van der Waals surface area contributed by atoms with E-state index in [9.17, 15) is 4.39 Å². The van der Waals surface area contributed by atoms with Gasteiger partial charge in [-0.1, -0.05) is 30.8 Å². The summed E-state index contributed by atoms with van der Waals surface area (Å²) in [6.45, 7) is 6.24. The van der Waals surface area contributed by atoms with E-state index >= 15 is 0 Å². The zero-order chi connectivity index (χ0) is 15.4. The Hall–Kier alpha value is -1.32. The smallest absolute Gasteiger partial charge is 0.123 e. The van der Waals surface area contributed by atoms with Crippen LogP contribution in [-0.2, 0) is 6.42 Å². The van der Waals surface area contributed by atoms with Gasteiger partial charge in [0.25, 0.3) is 0 Å². The SMILES string of the molecule is CCC(N)Cc1cc(F)ccc1Sc1cc(C)ccc1C. The second-order valence-corrected chi connectivity index (χ2v) is 6.58. The van der Waals surface area contributed by atoms with E-state index in [1.54, 1.807) is 17.8 Å². The van der Waals surface area contributed by atoms with E-state index in [0.717, 1.165) is 16.9 Å². The van der Waals surface area contributed by atoms with Gasteiger partial charge in [-0.15, -0.1) is 0 Å². The van der Waals surface area contributed by atoms with Gasteiger partial charge in [0.15, 0.2) is 0 Å². The van der Waals surface area contributed by atoms with Gasteiger partial charge in [0.2, 0.25) is 0 Å². The fraction of sp³-hybridized carbons (Fsp3) is 0.333. The van der Waals surface area contributed by atoms with Crippen molar-refractivity contribution >= 4 is 11.8 Å². The fourth-order valence-corrected chi connectivity index (χ4v) is 3.29. The Balaban J connectivity index is 2.32. The summed E-state index contributed by atoms with van der Waals surface area (Å²) >= 11 is 1.69. The minimum Gasteiger partial charge on any atom is -0.327 e. The van der Waals surface area contributed by atoms with E-state index < -0.39 is 0 Å². The third-order valence-corrected chi connectivity index (χ3v) is 4.87. The second kappa shape index (κ2) is 7.10. The van der Waals surface area contributed by atoms with Gasteiger partial charge in [-0.25, -0.2) is 4.39 Å². The van der Waals surface area contributed by atoms with E-state index in [1.165, 1.54) is 22.1 Å². The van der Waals surface area contributed by atoms with Crippen LogP contribution in [0.5, 0.6) is 0 Å². The Morgan fingerprint density at radius 2 is 1.86 bits per heavy atom. The Morgan fingerprint density at radius 3 is 2.57 bits per heavy atom. The first kappa shape index (κ1) is 16.1. The van der Waals surface area contributed by atoms with E-state index in [0.29, 0.717) is 6.42 Å². The minimum atomic E-state index is -0.196. The number of halogens is 1. The Morgan fingerprint density at radius 1 is 1.10 bits per heavy atom. The summed E-state index contributed by atoms with van der Waals surface area (Å²) in [5.74, 6) is -0.196. The van der Waals surface area contributed by atoms with Crippen molar-refractivity contribution in [1.82, 2.24) is 0 Å². The Kier molecular flexibility index (Phi) is 5.43. The third kappa shape index (κ3) is 4.32. The van der Waals surface area contributed by atoms with Crippen molar-refractivity contribution in [2.75, 3.05) is 0 Å². The van der Waals surface area contributed by atoms with Crippen LogP contribution in [0, 0.1) is 19.7 Å². The molecule has 0 aliphatic rings. The van der Waals surface area contributed by atoms with E-state index in [4.69, 9.17) is 5.73 Å². The largest absolute Gasteiger partial charge is 0.327 e. The molecule has 0 bridgehead atoms. The molecule has 0 saturated heterocycles. The van der Waals surface area contributed by atoms with Crippen molar-refractivity contribution < 1.29 is 4.39 Å². The topological polar surface area (TPSA) is 26.0 Å². The normalized spacial score (nSPS) is 12.4. The van der Waals surface area contributed by atoms with Crippen LogP contribution in [0.3, 0.4) is 0 Å². The van der Waals surface area contributed by atoms with Gasteiger partial charge in [0, 0.05) is 15.8 Å². The molecule has 2 N–H and O–H groups in total. The standard InChI is InChI=1S/C18H22FNS/c1-4-16(20)11-14-10-15(19)7-8-17(14)21-18-9-12(2)5-6-13(18)3/h5-10,16H,4,11,20H2,1-3H3. The predicted octanol–water partition coefficient (Wildman–Crippen LogP) is 4.87. The van der Waals surface area contributed by atoms with Crippen LogP contribution >= 0.6 is 11.8 Å². The van der Waals surface area contributed by atoms with Crippen LogP contribution in [0.4, 0.5) is 4.39 Å². The van der Waals surface area contributed by atoms with E-state index in [2.05, 4.69) is 39.0 Å². The predicted molar refractivity (Wildman–Crippen MR) is 88.4 cm³/mol. The number of hydrogen-bond acceptors (Lipinski definition) is 2. The van der Waals surface area contributed by atoms with Crippen molar-refractivity contribution in [2.24, 2.45) is 5.73 Å². The molecule has 21 heavy (non-hydrogen) atoms. The fourth-order valence-electron chi connectivity index (χ4n) is 2.17. The average molecular weight is 303 g/mol. The first-order chi connectivity index (χ1) is 9.99. The molecule has 0 spiro atoms. The van der Waals surface area contributed by atoms with Crippen molar-refractivity contribution in [1.29, 1.82) is 0 Å². The maximum Gasteiger partial charge on any atom is 0.123 e. The first-order valence-electron chi connectivity index (χ1n) is 7.28. The van der Waals surface area contributed by atoms with Gasteiger partial charge < -0.3 is 5.73 Å². The molecule has 0 aromatic heterocycles. The quantitative estimate of drug-likeness (QED) is 0.852. The lowest BCUT2D eigenvalue weighted by atomic mass is 10.0. The highest BCUT2D eigenvalue weighted by atomic mass is 32.2. The molecule has 2 aromatic rings. The molecule has 1 nitrogen and oxygen atoms in total. The number of rotatable bonds is 5. The summed E-state index contributed by atoms with van der Waals surface area (Å²) in [5, 5.41) is 0. The number of aryl methyl sites for hydroxylation is 2. The molecule has 3 heteroatoms. The highest BCUT2D eigenvalue weighted by Gasteiger charge is 2.11. The molecule has 0 fully saturated rings. The molecule has 0 heterocycles. The van der Waals surface area contributed by atoms with Crippen molar-refractivity contribution in [3.63, 3.8) is 0 Å². The van der Waals surface area contributed by atoms with E-state index in [-0.39, 0.29) is 11.9 Å². The molecule has 0 aliphatic carbocycles. The zero-order valence-electron chi connectivity index (χ0n) is 12.8. The molecular weight excluding hydrogens is 281 g/mol. The summed E-state index contributed by atoms with van der Waals surface area (Å²) < 4.78 is 13.5. The maximum absolute atomic E-state index is 13.5. The van der Waals surface area contributed by atoms with Crippen molar-refractivity contribution in [3.8, 4) is 0 Å². The average Bonchev–Trinajstić information content (AvgIpc) is 2.45. The monoisotopic (exact) mass is 303 g/mol. The van der Waals surface area contributed by atoms with Gasteiger partial charge >= 0.3 is 0 Å². The van der Waals surface area contributed by atoms with Crippen LogP contribution < -0.4 is 5.73 Å². The number of hydrogen-bond donors (Lipinski definition) is 1. The lowest BCUT2D eigenvalue weighted by molar-refractivity contribution is 0.610. The summed E-state index contributed by atoms with van der Waals surface area (Å²) in [6, 6.07) is 11.5. The molecule has 2 aromatic carbocycles. The summed E-state index contributed by atoms with van der Waals surface area (Å²) in [7, 11) is 0. The van der Waals surface area contributed by atoms with Gasteiger partial charge in [0.1, 0.15) is 5.82 Å². The van der Waals surface area contributed by atoms with Crippen LogP contribution in [0.25, 0.3) is 0 Å². The Bertz CT molecular complexity index is 625. The summed E-state index contributed by atoms with van der Waals surface area (Å²) in [5.41, 5.74) is 9.51. The van der Waals surface area contributed by atoms with Gasteiger partial charge in [0.05, 0.1) is 0 Å². The Labute approximate surface area is 130 Å². The summed E-state index contributed by atoms with van der Waals surface area (Å²) in [4.78, 5) is 2.31. The van der Waals surface area contributed by atoms with E-state index in [1.807, 2.05) is 6.07 Å². The van der Waals surface area contributed by atoms with Gasteiger partial charge in [-0.2, -0.15) is 0 Å². The van der Waals surface area contributed by atoms with Crippen LogP contribution in [0.2, 0.25) is 0 Å². The van der Waals surface area contributed by atoms with Gasteiger partial charge in [-0.05, 0) is 67.6 Å². The molecule has 2 rings (SSSR count). The molecule has 0 aliphatic heterocycles.